The lowest BCUT2D eigenvalue weighted by Crippen LogP contribution is -2.28. The molecule has 0 radical (unpaired) electrons. The topological polar surface area (TPSA) is 82.5 Å². The van der Waals surface area contributed by atoms with E-state index in [1.165, 1.54) is 50.4 Å². The Kier molecular flexibility index (Phi) is 7.37. The first-order valence-electron chi connectivity index (χ1n) is 10.5. The van der Waals surface area contributed by atoms with Gasteiger partial charge in [0.25, 0.3) is 11.8 Å². The lowest BCUT2D eigenvalue weighted by molar-refractivity contribution is -0.141. The van der Waals surface area contributed by atoms with Gasteiger partial charge >= 0.3 is 12.1 Å². The molecule has 1 unspecified atom stereocenters. The number of aryl methyl sites for hydroxylation is 1. The maximum atomic E-state index is 13.7. The molecule has 0 fully saturated rings. The fraction of sp³-hybridized carbons (Fsp3) is 0.292. The van der Waals surface area contributed by atoms with Crippen LogP contribution >= 0.6 is 0 Å². The van der Waals surface area contributed by atoms with Crippen LogP contribution in [0.1, 0.15) is 57.4 Å². The first-order chi connectivity index (χ1) is 16.7. The van der Waals surface area contributed by atoms with Gasteiger partial charge in [0.2, 0.25) is 5.88 Å². The molecule has 0 aliphatic heterocycles. The molecule has 0 saturated heterocycles. The fourth-order valence-electron chi connectivity index (χ4n) is 3.35. The predicted octanol–water partition coefficient (Wildman–Crippen LogP) is 5.62. The molecule has 1 heterocycles. The van der Waals surface area contributed by atoms with Gasteiger partial charge in [0.1, 0.15) is 11.3 Å². The molecule has 0 spiro atoms. The zero-order chi connectivity index (χ0) is 26.8. The van der Waals surface area contributed by atoms with Gasteiger partial charge in [0.05, 0.1) is 18.7 Å². The number of alkyl halides is 5. The smallest absolute Gasteiger partial charge is 0.436 e. The molecular formula is C24H22F5N3O4. The molecule has 0 aliphatic rings. The average Bonchev–Trinajstić information content (AvgIpc) is 3.14. The third-order valence-electron chi connectivity index (χ3n) is 5.22. The minimum absolute atomic E-state index is 0.203. The van der Waals surface area contributed by atoms with Crippen LogP contribution in [-0.2, 0) is 23.9 Å². The van der Waals surface area contributed by atoms with Gasteiger partial charge < -0.3 is 14.8 Å². The van der Waals surface area contributed by atoms with Gasteiger partial charge in [-0.05, 0) is 36.8 Å². The van der Waals surface area contributed by atoms with E-state index in [4.69, 9.17) is 4.74 Å². The molecule has 1 atom stereocenters. The second kappa shape index (κ2) is 9.96. The van der Waals surface area contributed by atoms with E-state index in [0.29, 0.717) is 17.2 Å². The normalized spacial score (nSPS) is 12.7. The molecule has 1 aromatic heterocycles. The largest absolute Gasteiger partial charge is 0.465 e. The van der Waals surface area contributed by atoms with Gasteiger partial charge in [-0.15, -0.1) is 0 Å². The van der Waals surface area contributed by atoms with E-state index >= 15 is 0 Å². The lowest BCUT2D eigenvalue weighted by Gasteiger charge is -2.17. The number of benzene rings is 2. The van der Waals surface area contributed by atoms with E-state index in [9.17, 15) is 31.5 Å². The summed E-state index contributed by atoms with van der Waals surface area (Å²) < 4.78 is 79.4. The highest BCUT2D eigenvalue weighted by Gasteiger charge is 2.42. The quantitative estimate of drug-likeness (QED) is 0.329. The second-order valence-corrected chi connectivity index (χ2v) is 7.98. The molecule has 0 bridgehead atoms. The molecule has 1 amide bonds. The molecule has 192 valence electrons. The summed E-state index contributed by atoms with van der Waals surface area (Å²) in [6, 6.07) is 9.76. The minimum Gasteiger partial charge on any atom is -0.465 e. The van der Waals surface area contributed by atoms with E-state index in [0.717, 1.165) is 19.2 Å². The van der Waals surface area contributed by atoms with Gasteiger partial charge in [-0.3, -0.25) is 4.79 Å². The molecule has 12 heteroatoms. The average molecular weight is 511 g/mol. The summed E-state index contributed by atoms with van der Waals surface area (Å²) in [5.74, 6) is -5.72. The van der Waals surface area contributed by atoms with E-state index in [1.54, 1.807) is 0 Å². The number of esters is 1. The highest BCUT2D eigenvalue weighted by Crippen LogP contribution is 2.38. The van der Waals surface area contributed by atoms with E-state index in [1.807, 2.05) is 0 Å². The SMILES string of the molecule is COC(=O)c1ccc(C(C)NC(=O)c2c(C(F)(F)F)nn(C)c2Oc2cccc(C(C)(F)F)c2)cc1. The van der Waals surface area contributed by atoms with Crippen molar-refractivity contribution < 1.29 is 41.0 Å². The number of carbonyl (C=O) groups excluding carboxylic acids is 2. The fourth-order valence-corrected chi connectivity index (χ4v) is 3.35. The Morgan fingerprint density at radius 1 is 1.06 bits per heavy atom. The Morgan fingerprint density at radius 2 is 1.69 bits per heavy atom. The number of hydrogen-bond donors (Lipinski definition) is 1. The van der Waals surface area contributed by atoms with Crippen LogP contribution in [0.25, 0.3) is 0 Å². The van der Waals surface area contributed by atoms with Crippen molar-refractivity contribution in [2.45, 2.75) is 32.0 Å². The van der Waals surface area contributed by atoms with Crippen molar-refractivity contribution in [2.75, 3.05) is 7.11 Å². The molecule has 1 N–H and O–H groups in total. The maximum absolute atomic E-state index is 13.7. The Balaban J connectivity index is 1.95. The monoisotopic (exact) mass is 511 g/mol. The van der Waals surface area contributed by atoms with Crippen LogP contribution in [0.15, 0.2) is 48.5 Å². The standard InChI is InChI=1S/C24H22F5N3O4/c1-13(14-8-10-15(11-9-14)22(34)35-4)30-20(33)18-19(24(27,28)29)31-32(3)21(18)36-17-7-5-6-16(12-17)23(2,25)26/h5-13H,1-4H3,(H,30,33). The summed E-state index contributed by atoms with van der Waals surface area (Å²) in [6.07, 6.45) is -5.00. The van der Waals surface area contributed by atoms with Crippen molar-refractivity contribution in [3.63, 3.8) is 0 Å². The number of nitrogens with one attached hydrogen (secondary N) is 1. The molecule has 36 heavy (non-hydrogen) atoms. The molecule has 0 aliphatic carbocycles. The molecule has 3 rings (SSSR count). The van der Waals surface area contributed by atoms with E-state index in [-0.39, 0.29) is 11.3 Å². The highest BCUT2D eigenvalue weighted by atomic mass is 19.4. The summed E-state index contributed by atoms with van der Waals surface area (Å²) in [7, 11) is 2.35. The summed E-state index contributed by atoms with van der Waals surface area (Å²) >= 11 is 0. The van der Waals surface area contributed by atoms with Crippen molar-refractivity contribution in [3.8, 4) is 11.6 Å². The number of hydrogen-bond acceptors (Lipinski definition) is 5. The molecule has 7 nitrogen and oxygen atoms in total. The molecule has 2 aromatic carbocycles. The van der Waals surface area contributed by atoms with Gasteiger partial charge in [-0.2, -0.15) is 18.3 Å². The van der Waals surface area contributed by atoms with Crippen LogP contribution in [-0.4, -0.2) is 28.8 Å². The van der Waals surface area contributed by atoms with Gasteiger partial charge in [0, 0.05) is 19.5 Å². The van der Waals surface area contributed by atoms with Crippen LogP contribution in [0.5, 0.6) is 11.6 Å². The summed E-state index contributed by atoms with van der Waals surface area (Å²) in [4.78, 5) is 24.6. The van der Waals surface area contributed by atoms with E-state index in [2.05, 4.69) is 15.2 Å². The van der Waals surface area contributed by atoms with Crippen LogP contribution in [0.3, 0.4) is 0 Å². The number of aromatic nitrogens is 2. The van der Waals surface area contributed by atoms with Gasteiger partial charge in [-0.25, -0.2) is 18.3 Å². The number of halogens is 5. The zero-order valence-electron chi connectivity index (χ0n) is 19.6. The minimum atomic E-state index is -5.00. The van der Waals surface area contributed by atoms with Crippen molar-refractivity contribution in [1.29, 1.82) is 0 Å². The van der Waals surface area contributed by atoms with Crippen molar-refractivity contribution in [1.82, 2.24) is 15.1 Å². The number of amides is 1. The number of methoxy groups -OCH3 is 1. The third-order valence-corrected chi connectivity index (χ3v) is 5.22. The lowest BCUT2D eigenvalue weighted by atomic mass is 10.1. The van der Waals surface area contributed by atoms with Gasteiger partial charge in [-0.1, -0.05) is 24.3 Å². The van der Waals surface area contributed by atoms with Crippen LogP contribution < -0.4 is 10.1 Å². The van der Waals surface area contributed by atoms with Crippen LogP contribution in [0.4, 0.5) is 22.0 Å². The molecule has 0 saturated carbocycles. The number of nitrogens with zero attached hydrogens (tertiary/aromatic N) is 2. The van der Waals surface area contributed by atoms with Crippen molar-refractivity contribution >= 4 is 11.9 Å². The molecular weight excluding hydrogens is 489 g/mol. The van der Waals surface area contributed by atoms with Crippen molar-refractivity contribution in [3.05, 3.63) is 76.5 Å². The summed E-state index contributed by atoms with van der Waals surface area (Å²) in [5.41, 5.74) is -2.08. The number of carbonyl (C=O) groups is 2. The Labute approximate surface area is 202 Å². The van der Waals surface area contributed by atoms with E-state index < -0.39 is 52.7 Å². The predicted molar refractivity (Wildman–Crippen MR) is 118 cm³/mol. The zero-order valence-corrected chi connectivity index (χ0v) is 19.6. The Bertz CT molecular complexity index is 1260. The number of rotatable bonds is 7. The Hall–Kier alpha value is -3.96. The van der Waals surface area contributed by atoms with Gasteiger partial charge in [0.15, 0.2) is 5.69 Å². The summed E-state index contributed by atoms with van der Waals surface area (Å²) in [6.45, 7) is 2.19. The first kappa shape index (κ1) is 26.6. The number of ether oxygens (including phenoxy) is 2. The maximum Gasteiger partial charge on any atom is 0.436 e. The first-order valence-corrected chi connectivity index (χ1v) is 10.5. The van der Waals surface area contributed by atoms with Crippen LogP contribution in [0, 0.1) is 0 Å². The third kappa shape index (κ3) is 5.81. The van der Waals surface area contributed by atoms with Crippen LogP contribution in [0.2, 0.25) is 0 Å². The highest BCUT2D eigenvalue weighted by molar-refractivity contribution is 5.98. The Morgan fingerprint density at radius 3 is 2.25 bits per heavy atom. The molecule has 3 aromatic rings. The van der Waals surface area contributed by atoms with Crippen molar-refractivity contribution in [2.24, 2.45) is 7.05 Å². The summed E-state index contributed by atoms with van der Waals surface area (Å²) in [5, 5.41) is 5.85. The second-order valence-electron chi connectivity index (χ2n) is 7.98.